The molecule has 0 aliphatic heterocycles. The van der Waals surface area contributed by atoms with Crippen molar-refractivity contribution >= 4 is 5.91 Å². The first-order chi connectivity index (χ1) is 9.10. The molecule has 0 radical (unpaired) electrons. The molecule has 0 aliphatic rings. The molecule has 0 aromatic heterocycles. The summed E-state index contributed by atoms with van der Waals surface area (Å²) < 4.78 is 0. The largest absolute Gasteiger partial charge is 0.508 e. The second-order valence-electron chi connectivity index (χ2n) is 4.77. The summed E-state index contributed by atoms with van der Waals surface area (Å²) in [5.41, 5.74) is 6.19. The molecule has 3 N–H and O–H groups in total. The summed E-state index contributed by atoms with van der Waals surface area (Å²) in [6, 6.07) is 7.32. The quantitative estimate of drug-likeness (QED) is 0.758. The zero-order valence-electron chi connectivity index (χ0n) is 11.8. The minimum Gasteiger partial charge on any atom is -0.508 e. The highest BCUT2D eigenvalue weighted by Crippen LogP contribution is 2.30. The number of nitrogens with zero attached hydrogens (tertiary/aromatic N) is 1. The van der Waals surface area contributed by atoms with Crippen molar-refractivity contribution in [2.75, 3.05) is 13.1 Å². The third kappa shape index (κ3) is 4.56. The van der Waals surface area contributed by atoms with Gasteiger partial charge < -0.3 is 10.8 Å². The smallest absolute Gasteiger partial charge is 0.231 e. The van der Waals surface area contributed by atoms with Crippen molar-refractivity contribution in [1.82, 2.24) is 4.90 Å². The van der Waals surface area contributed by atoms with Crippen LogP contribution in [0.15, 0.2) is 24.3 Å². The fourth-order valence-corrected chi connectivity index (χ4v) is 2.35. The maximum atomic E-state index is 11.2. The van der Waals surface area contributed by atoms with E-state index >= 15 is 0 Å². The third-order valence-corrected chi connectivity index (χ3v) is 3.28. The molecule has 0 heterocycles. The number of phenolic OH excluding ortho intramolecular Hbond substituents is 1. The van der Waals surface area contributed by atoms with E-state index in [1.807, 2.05) is 12.1 Å². The van der Waals surface area contributed by atoms with Gasteiger partial charge in [-0.25, -0.2) is 0 Å². The molecule has 1 aromatic rings. The average Bonchev–Trinajstić information content (AvgIpc) is 2.38. The molecule has 106 valence electrons. The summed E-state index contributed by atoms with van der Waals surface area (Å²) in [5, 5.41) is 9.98. The number of benzene rings is 1. The van der Waals surface area contributed by atoms with Gasteiger partial charge in [-0.3, -0.25) is 9.69 Å². The van der Waals surface area contributed by atoms with Gasteiger partial charge in [0.2, 0.25) is 5.91 Å². The Kier molecular flexibility index (Phi) is 6.36. The zero-order chi connectivity index (χ0) is 14.3. The van der Waals surface area contributed by atoms with Crippen LogP contribution in [0.1, 0.15) is 44.7 Å². The van der Waals surface area contributed by atoms with Gasteiger partial charge in [-0.1, -0.05) is 38.5 Å². The van der Waals surface area contributed by atoms with Crippen LogP contribution in [0.25, 0.3) is 0 Å². The van der Waals surface area contributed by atoms with Gasteiger partial charge in [-0.05, 0) is 25.5 Å². The second-order valence-corrected chi connectivity index (χ2v) is 4.77. The van der Waals surface area contributed by atoms with Crippen molar-refractivity contribution < 1.29 is 9.90 Å². The number of primary amides is 1. The Morgan fingerprint density at radius 2 is 2.05 bits per heavy atom. The molecule has 1 amide bonds. The van der Waals surface area contributed by atoms with E-state index in [-0.39, 0.29) is 24.2 Å². The Morgan fingerprint density at radius 1 is 1.37 bits per heavy atom. The molecule has 0 aliphatic carbocycles. The number of hydrogen-bond acceptors (Lipinski definition) is 3. The SMILES string of the molecule is CCCCN(CC(N)=O)C(CC)c1ccccc1O. The van der Waals surface area contributed by atoms with E-state index in [0.717, 1.165) is 31.4 Å². The number of carbonyl (C=O) groups excluding carboxylic acids is 1. The Hall–Kier alpha value is -1.55. The van der Waals surface area contributed by atoms with Gasteiger partial charge in [0.05, 0.1) is 6.54 Å². The maximum absolute atomic E-state index is 11.2. The molecular formula is C15H24N2O2. The van der Waals surface area contributed by atoms with Gasteiger partial charge in [-0.15, -0.1) is 0 Å². The van der Waals surface area contributed by atoms with Gasteiger partial charge in [0.15, 0.2) is 0 Å². The first-order valence-electron chi connectivity index (χ1n) is 6.90. The van der Waals surface area contributed by atoms with E-state index in [2.05, 4.69) is 18.7 Å². The summed E-state index contributed by atoms with van der Waals surface area (Å²) >= 11 is 0. The van der Waals surface area contributed by atoms with Gasteiger partial charge in [0, 0.05) is 11.6 Å². The van der Waals surface area contributed by atoms with Crippen LogP contribution in [0, 0.1) is 0 Å². The van der Waals surface area contributed by atoms with Crippen LogP contribution in [0.4, 0.5) is 0 Å². The van der Waals surface area contributed by atoms with Gasteiger partial charge in [0.1, 0.15) is 5.75 Å². The number of carbonyl (C=O) groups is 1. The highest BCUT2D eigenvalue weighted by Gasteiger charge is 2.22. The molecule has 1 unspecified atom stereocenters. The monoisotopic (exact) mass is 264 g/mol. The molecule has 1 atom stereocenters. The molecule has 0 saturated carbocycles. The lowest BCUT2D eigenvalue weighted by Gasteiger charge is -2.30. The summed E-state index contributed by atoms with van der Waals surface area (Å²) in [5.74, 6) is -0.0507. The van der Waals surface area contributed by atoms with Gasteiger partial charge in [0.25, 0.3) is 0 Å². The molecule has 0 bridgehead atoms. The Morgan fingerprint density at radius 3 is 2.58 bits per heavy atom. The summed E-state index contributed by atoms with van der Waals surface area (Å²) in [6.07, 6.45) is 2.90. The van der Waals surface area contributed by atoms with E-state index in [1.54, 1.807) is 12.1 Å². The summed E-state index contributed by atoms with van der Waals surface area (Å²) in [6.45, 7) is 5.21. The number of phenols is 1. The summed E-state index contributed by atoms with van der Waals surface area (Å²) in [4.78, 5) is 13.3. The third-order valence-electron chi connectivity index (χ3n) is 3.28. The highest BCUT2D eigenvalue weighted by atomic mass is 16.3. The molecular weight excluding hydrogens is 240 g/mol. The lowest BCUT2D eigenvalue weighted by Crippen LogP contribution is -2.37. The number of amides is 1. The predicted octanol–water partition coefficient (Wildman–Crippen LogP) is 2.43. The van der Waals surface area contributed by atoms with Crippen molar-refractivity contribution in [3.63, 3.8) is 0 Å². The van der Waals surface area contributed by atoms with Crippen molar-refractivity contribution in [3.05, 3.63) is 29.8 Å². The second kappa shape index (κ2) is 7.79. The van der Waals surface area contributed by atoms with Crippen LogP contribution < -0.4 is 5.73 Å². The van der Waals surface area contributed by atoms with E-state index in [9.17, 15) is 9.90 Å². The fourth-order valence-electron chi connectivity index (χ4n) is 2.35. The van der Waals surface area contributed by atoms with E-state index in [4.69, 9.17) is 5.73 Å². The Bertz CT molecular complexity index is 407. The average molecular weight is 264 g/mol. The molecule has 0 spiro atoms. The molecule has 1 rings (SSSR count). The number of hydrogen-bond donors (Lipinski definition) is 2. The normalized spacial score (nSPS) is 12.6. The first-order valence-corrected chi connectivity index (χ1v) is 6.90. The predicted molar refractivity (Wildman–Crippen MR) is 76.8 cm³/mol. The summed E-state index contributed by atoms with van der Waals surface area (Å²) in [7, 11) is 0. The van der Waals surface area contributed by atoms with Crippen molar-refractivity contribution in [1.29, 1.82) is 0 Å². The molecule has 4 heteroatoms. The van der Waals surface area contributed by atoms with Crippen LogP contribution in [-0.2, 0) is 4.79 Å². The zero-order valence-corrected chi connectivity index (χ0v) is 11.8. The number of aromatic hydroxyl groups is 1. The molecule has 4 nitrogen and oxygen atoms in total. The van der Waals surface area contributed by atoms with E-state index in [0.29, 0.717) is 0 Å². The fraction of sp³-hybridized carbons (Fsp3) is 0.533. The van der Waals surface area contributed by atoms with Crippen LogP contribution >= 0.6 is 0 Å². The van der Waals surface area contributed by atoms with Gasteiger partial charge in [-0.2, -0.15) is 0 Å². The van der Waals surface area contributed by atoms with Crippen molar-refractivity contribution in [2.45, 2.75) is 39.2 Å². The van der Waals surface area contributed by atoms with E-state index < -0.39 is 0 Å². The Balaban J connectivity index is 2.94. The van der Waals surface area contributed by atoms with Crippen LogP contribution in [0.5, 0.6) is 5.75 Å². The molecule has 19 heavy (non-hydrogen) atoms. The molecule has 0 fully saturated rings. The standard InChI is InChI=1S/C15H24N2O2/c1-3-5-10-17(11-15(16)19)13(4-2)12-8-6-7-9-14(12)18/h6-9,13,18H,3-5,10-11H2,1-2H3,(H2,16,19). The highest BCUT2D eigenvalue weighted by molar-refractivity contribution is 5.76. The molecule has 1 aromatic carbocycles. The number of nitrogens with two attached hydrogens (primary N) is 1. The topological polar surface area (TPSA) is 66.6 Å². The number of para-hydroxylation sites is 1. The van der Waals surface area contributed by atoms with E-state index in [1.165, 1.54) is 0 Å². The van der Waals surface area contributed by atoms with Crippen LogP contribution in [0.3, 0.4) is 0 Å². The lowest BCUT2D eigenvalue weighted by molar-refractivity contribution is -0.119. The van der Waals surface area contributed by atoms with Crippen molar-refractivity contribution in [2.24, 2.45) is 5.73 Å². The number of unbranched alkanes of at least 4 members (excludes halogenated alkanes) is 1. The molecule has 0 saturated heterocycles. The first kappa shape index (κ1) is 15.5. The number of rotatable bonds is 8. The van der Waals surface area contributed by atoms with Gasteiger partial charge >= 0.3 is 0 Å². The van der Waals surface area contributed by atoms with Crippen LogP contribution in [-0.4, -0.2) is 29.0 Å². The lowest BCUT2D eigenvalue weighted by atomic mass is 10.0. The minimum absolute atomic E-state index is 0.0280. The van der Waals surface area contributed by atoms with Crippen molar-refractivity contribution in [3.8, 4) is 5.75 Å². The van der Waals surface area contributed by atoms with Crippen LogP contribution in [0.2, 0.25) is 0 Å². The minimum atomic E-state index is -0.329. The maximum Gasteiger partial charge on any atom is 0.231 e. The Labute approximate surface area is 115 Å².